The molecule has 0 unspecified atom stereocenters. The average molecular weight is 489 g/mol. The Hall–Kier alpha value is -2.50. The lowest BCUT2D eigenvalue weighted by Gasteiger charge is -2.44. The molecule has 0 amide bonds. The first-order chi connectivity index (χ1) is 16.8. The van der Waals surface area contributed by atoms with Gasteiger partial charge < -0.3 is 13.9 Å². The molecule has 0 aromatic heterocycles. The lowest BCUT2D eigenvalue weighted by Crippen LogP contribution is -2.67. The highest BCUT2D eigenvalue weighted by atomic mass is 28.4. The minimum Gasteiger partial charge on any atom is -0.405 e. The van der Waals surface area contributed by atoms with Gasteiger partial charge in [0.25, 0.3) is 8.32 Å². The lowest BCUT2D eigenvalue weighted by atomic mass is 10.1. The fourth-order valence-corrected chi connectivity index (χ4v) is 9.29. The normalized spacial score (nSPS) is 13.9. The van der Waals surface area contributed by atoms with Gasteiger partial charge in [0.05, 0.1) is 19.3 Å². The van der Waals surface area contributed by atoms with Gasteiger partial charge in [-0.05, 0) is 34.3 Å². The van der Waals surface area contributed by atoms with Crippen LogP contribution in [-0.4, -0.2) is 34.2 Å². The van der Waals surface area contributed by atoms with Crippen molar-refractivity contribution < 1.29 is 13.9 Å². The molecule has 186 valence electrons. The van der Waals surface area contributed by atoms with Crippen LogP contribution in [0.5, 0.6) is 0 Å². The predicted molar refractivity (Wildman–Crippen MR) is 149 cm³/mol. The third-order valence-corrected chi connectivity index (χ3v) is 11.5. The Morgan fingerprint density at radius 3 is 1.71 bits per heavy atom. The van der Waals surface area contributed by atoms with Gasteiger partial charge in [-0.15, -0.1) is 6.58 Å². The maximum atomic E-state index is 7.19. The van der Waals surface area contributed by atoms with Crippen molar-refractivity contribution >= 4 is 18.7 Å². The molecule has 0 fully saturated rings. The van der Waals surface area contributed by atoms with E-state index in [1.807, 2.05) is 25.1 Å². The molecule has 0 aliphatic carbocycles. The summed E-state index contributed by atoms with van der Waals surface area (Å²) in [5.74, 6) is 0. The molecule has 3 rings (SSSR count). The third kappa shape index (κ3) is 6.80. The molecule has 3 nitrogen and oxygen atoms in total. The van der Waals surface area contributed by atoms with E-state index >= 15 is 0 Å². The number of benzene rings is 3. The zero-order valence-electron chi connectivity index (χ0n) is 21.9. The second kappa shape index (κ2) is 12.5. The highest BCUT2D eigenvalue weighted by Gasteiger charge is 2.50. The molecule has 0 saturated carbocycles. The molecule has 0 saturated heterocycles. The quantitative estimate of drug-likeness (QED) is 0.227. The standard InChI is InChI=1S/C31H40O3Si/c1-25(2)22-29(32-6)30(33-23-26-16-10-7-11-17-26)24-34-35(31(3,4)5,27-18-12-8-13-19-27)28-20-14-9-15-21-28/h7-21,29-30H,1,22-24H2,2-6H3/t29-,30+/m0/s1. The van der Waals surface area contributed by atoms with Crippen molar-refractivity contribution in [3.05, 3.63) is 109 Å². The summed E-state index contributed by atoms with van der Waals surface area (Å²) in [5.41, 5.74) is 2.20. The molecular formula is C31H40O3Si. The maximum absolute atomic E-state index is 7.19. The Morgan fingerprint density at radius 2 is 1.29 bits per heavy atom. The van der Waals surface area contributed by atoms with Crippen LogP contribution in [0.25, 0.3) is 0 Å². The summed E-state index contributed by atoms with van der Waals surface area (Å²) >= 11 is 0. The zero-order chi connectivity index (χ0) is 25.3. The van der Waals surface area contributed by atoms with Gasteiger partial charge >= 0.3 is 0 Å². The number of methoxy groups -OCH3 is 1. The summed E-state index contributed by atoms with van der Waals surface area (Å²) in [5, 5.41) is 2.42. The van der Waals surface area contributed by atoms with E-state index in [1.54, 1.807) is 7.11 Å². The van der Waals surface area contributed by atoms with E-state index in [-0.39, 0.29) is 17.2 Å². The van der Waals surface area contributed by atoms with Gasteiger partial charge in [-0.25, -0.2) is 0 Å². The molecule has 0 aliphatic rings. The van der Waals surface area contributed by atoms with Gasteiger partial charge in [-0.1, -0.05) is 117 Å². The fourth-order valence-electron chi connectivity index (χ4n) is 4.72. The predicted octanol–water partition coefficient (Wildman–Crippen LogP) is 6.13. The topological polar surface area (TPSA) is 27.7 Å². The van der Waals surface area contributed by atoms with Crippen LogP contribution in [0.15, 0.2) is 103 Å². The summed E-state index contributed by atoms with van der Waals surface area (Å²) < 4.78 is 19.6. The Morgan fingerprint density at radius 1 is 0.800 bits per heavy atom. The summed E-state index contributed by atoms with van der Waals surface area (Å²) in [6.07, 6.45) is 0.341. The van der Waals surface area contributed by atoms with Crippen molar-refractivity contribution in [1.82, 2.24) is 0 Å². The van der Waals surface area contributed by atoms with Crippen LogP contribution in [0, 0.1) is 0 Å². The molecule has 3 aromatic carbocycles. The molecule has 2 atom stereocenters. The smallest absolute Gasteiger partial charge is 0.261 e. The van der Waals surface area contributed by atoms with Crippen molar-refractivity contribution in [2.24, 2.45) is 0 Å². The van der Waals surface area contributed by atoms with Crippen LogP contribution in [0.1, 0.15) is 39.7 Å². The van der Waals surface area contributed by atoms with E-state index in [4.69, 9.17) is 13.9 Å². The van der Waals surface area contributed by atoms with Crippen LogP contribution < -0.4 is 10.4 Å². The Balaban J connectivity index is 1.99. The van der Waals surface area contributed by atoms with Crippen LogP contribution >= 0.6 is 0 Å². The van der Waals surface area contributed by atoms with Gasteiger partial charge in [0, 0.05) is 7.11 Å². The highest BCUT2D eigenvalue weighted by molar-refractivity contribution is 6.99. The largest absolute Gasteiger partial charge is 0.405 e. The first-order valence-electron chi connectivity index (χ1n) is 12.4. The third-order valence-electron chi connectivity index (χ3n) is 6.45. The van der Waals surface area contributed by atoms with E-state index < -0.39 is 8.32 Å². The fraction of sp³-hybridized carbons (Fsp3) is 0.355. The molecule has 0 spiro atoms. The highest BCUT2D eigenvalue weighted by Crippen LogP contribution is 2.37. The molecule has 0 N–H and O–H groups in total. The SMILES string of the molecule is C=C(C)C[C@H](OC)[C@@H](CO[Si](c1ccccc1)(c1ccccc1)C(C)(C)C)OCc1ccccc1. The van der Waals surface area contributed by atoms with Gasteiger partial charge in [0.15, 0.2) is 0 Å². The molecule has 0 bridgehead atoms. The van der Waals surface area contributed by atoms with Gasteiger partial charge in [-0.3, -0.25) is 0 Å². The first-order valence-corrected chi connectivity index (χ1v) is 14.3. The molecule has 0 radical (unpaired) electrons. The van der Waals surface area contributed by atoms with E-state index in [9.17, 15) is 0 Å². The van der Waals surface area contributed by atoms with Crippen LogP contribution in [0.4, 0.5) is 0 Å². The number of ether oxygens (including phenoxy) is 2. The van der Waals surface area contributed by atoms with Crippen molar-refractivity contribution in [3.63, 3.8) is 0 Å². The van der Waals surface area contributed by atoms with Crippen LogP contribution in [0.3, 0.4) is 0 Å². The van der Waals surface area contributed by atoms with Crippen molar-refractivity contribution in [2.45, 2.75) is 58.0 Å². The van der Waals surface area contributed by atoms with Crippen molar-refractivity contribution in [2.75, 3.05) is 13.7 Å². The average Bonchev–Trinajstić information content (AvgIpc) is 2.86. The molecule has 3 aromatic rings. The lowest BCUT2D eigenvalue weighted by molar-refractivity contribution is -0.0818. The summed E-state index contributed by atoms with van der Waals surface area (Å²) in [4.78, 5) is 0. The van der Waals surface area contributed by atoms with Crippen LogP contribution in [-0.2, 0) is 20.5 Å². The molecule has 35 heavy (non-hydrogen) atoms. The Labute approximate surface area is 212 Å². The summed E-state index contributed by atoms with van der Waals surface area (Å²) in [6, 6.07) is 31.7. The monoisotopic (exact) mass is 488 g/mol. The minimum atomic E-state index is -2.68. The molecule has 0 aliphatic heterocycles. The Bertz CT molecular complexity index is 990. The molecule has 4 heteroatoms. The molecule has 0 heterocycles. The Kier molecular flexibility index (Phi) is 9.64. The second-order valence-electron chi connectivity index (χ2n) is 10.2. The van der Waals surface area contributed by atoms with Gasteiger partial charge in [0.1, 0.15) is 6.10 Å². The van der Waals surface area contributed by atoms with Crippen molar-refractivity contribution in [1.29, 1.82) is 0 Å². The molecular weight excluding hydrogens is 448 g/mol. The van der Waals surface area contributed by atoms with E-state index in [2.05, 4.69) is 100 Å². The van der Waals surface area contributed by atoms with E-state index in [1.165, 1.54) is 10.4 Å². The zero-order valence-corrected chi connectivity index (χ0v) is 22.9. The van der Waals surface area contributed by atoms with E-state index in [0.717, 1.165) is 17.6 Å². The number of hydrogen-bond donors (Lipinski definition) is 0. The maximum Gasteiger partial charge on any atom is 0.261 e. The van der Waals surface area contributed by atoms with Crippen LogP contribution in [0.2, 0.25) is 5.04 Å². The van der Waals surface area contributed by atoms with Crippen molar-refractivity contribution in [3.8, 4) is 0 Å². The summed E-state index contributed by atoms with van der Waals surface area (Å²) in [6.45, 7) is 14.0. The van der Waals surface area contributed by atoms with Gasteiger partial charge in [0.2, 0.25) is 0 Å². The van der Waals surface area contributed by atoms with E-state index in [0.29, 0.717) is 13.2 Å². The second-order valence-corrected chi connectivity index (χ2v) is 14.6. The number of hydrogen-bond acceptors (Lipinski definition) is 3. The summed E-state index contributed by atoms with van der Waals surface area (Å²) in [7, 11) is -0.932. The number of rotatable bonds is 12. The van der Waals surface area contributed by atoms with Gasteiger partial charge in [-0.2, -0.15) is 0 Å². The first kappa shape index (κ1) is 27.1. The minimum absolute atomic E-state index is 0.101.